The summed E-state index contributed by atoms with van der Waals surface area (Å²) in [5.74, 6) is 0.171. The number of likely N-dealkylation sites (tertiary alicyclic amines) is 1. The van der Waals surface area contributed by atoms with E-state index in [-0.39, 0.29) is 11.7 Å². The molecule has 1 aliphatic rings. The molecule has 0 unspecified atom stereocenters. The molecule has 0 spiro atoms. The van der Waals surface area contributed by atoms with Crippen molar-refractivity contribution in [3.05, 3.63) is 64.6 Å². The maximum Gasteiger partial charge on any atom is 0.253 e. The molecule has 1 saturated heterocycles. The lowest BCUT2D eigenvalue weighted by Crippen LogP contribution is -2.40. The Kier molecular flexibility index (Phi) is 5.94. The van der Waals surface area contributed by atoms with Crippen LogP contribution in [0.15, 0.2) is 47.1 Å². The Hall–Kier alpha value is -3.00. The highest BCUT2D eigenvalue weighted by Crippen LogP contribution is 2.20. The number of hydrogen-bond acceptors (Lipinski definition) is 5. The molecular weight excluding hydrogens is 387 g/mol. The van der Waals surface area contributed by atoms with Crippen LogP contribution < -0.4 is 4.90 Å². The Morgan fingerprint density at radius 1 is 1.27 bits per heavy atom. The van der Waals surface area contributed by atoms with Crippen LogP contribution in [-0.4, -0.2) is 54.1 Å². The Morgan fingerprint density at radius 2 is 2.00 bits per heavy atom. The normalized spacial score (nSPS) is 15.5. The van der Waals surface area contributed by atoms with Crippen molar-refractivity contribution < 1.29 is 18.7 Å². The lowest BCUT2D eigenvalue weighted by atomic mass is 9.95. The predicted octanol–water partition coefficient (Wildman–Crippen LogP) is 2.63. The summed E-state index contributed by atoms with van der Waals surface area (Å²) in [7, 11) is 1.81. The first-order chi connectivity index (χ1) is 14.5. The van der Waals surface area contributed by atoms with Gasteiger partial charge in [-0.15, -0.1) is 0 Å². The molecule has 1 fully saturated rings. The Balaban J connectivity index is 1.25. The van der Waals surface area contributed by atoms with Gasteiger partial charge in [0.2, 0.25) is 11.0 Å². The first-order valence-corrected chi connectivity index (χ1v) is 10.2. The quantitative estimate of drug-likeness (QED) is 0.582. The smallest absolute Gasteiger partial charge is 0.253 e. The lowest BCUT2D eigenvalue weighted by Gasteiger charge is -2.34. The highest BCUT2D eigenvalue weighted by Gasteiger charge is 2.23. The molecule has 0 N–H and O–H groups in total. The zero-order valence-electron chi connectivity index (χ0n) is 17.0. The SMILES string of the molecule is CN(CC1CCN(CCc2ccc(F)cc2)CC1)C(=O)c1ccc2c(c1)no[n+]2[O-]. The molecule has 2 heterocycles. The predicted molar refractivity (Wildman–Crippen MR) is 109 cm³/mol. The number of amides is 1. The summed E-state index contributed by atoms with van der Waals surface area (Å²) in [6, 6.07) is 11.5. The molecule has 2 aromatic carbocycles. The number of fused-ring (bicyclic) bond motifs is 1. The van der Waals surface area contributed by atoms with Crippen molar-refractivity contribution in [2.75, 3.05) is 33.2 Å². The Labute approximate surface area is 174 Å². The number of piperidine rings is 1. The second-order valence-electron chi connectivity index (χ2n) is 7.98. The van der Waals surface area contributed by atoms with E-state index in [2.05, 4.69) is 14.7 Å². The second-order valence-corrected chi connectivity index (χ2v) is 7.98. The molecule has 4 rings (SSSR count). The first kappa shape index (κ1) is 20.3. The third-order valence-electron chi connectivity index (χ3n) is 5.85. The second kappa shape index (κ2) is 8.79. The van der Waals surface area contributed by atoms with Crippen LogP contribution in [0.4, 0.5) is 4.39 Å². The van der Waals surface area contributed by atoms with Crippen LogP contribution in [-0.2, 0) is 6.42 Å². The minimum atomic E-state index is -0.201. The third kappa shape index (κ3) is 4.59. The molecule has 0 radical (unpaired) electrons. The van der Waals surface area contributed by atoms with Crippen molar-refractivity contribution in [2.24, 2.45) is 5.92 Å². The van der Waals surface area contributed by atoms with Crippen LogP contribution in [0.3, 0.4) is 0 Å². The standard InChI is InChI=1S/C22H25FN4O3/c1-25(22(28)18-4-7-21-20(14-18)24-30-27(21)29)15-17-9-12-26(13-10-17)11-8-16-2-5-19(23)6-3-16/h2-7,14,17H,8-13,15H2,1H3. The summed E-state index contributed by atoms with van der Waals surface area (Å²) in [4.78, 5) is 17.3. The van der Waals surface area contributed by atoms with E-state index >= 15 is 0 Å². The van der Waals surface area contributed by atoms with Gasteiger partial charge >= 0.3 is 0 Å². The molecule has 3 aromatic rings. The molecule has 1 aliphatic heterocycles. The molecule has 30 heavy (non-hydrogen) atoms. The van der Waals surface area contributed by atoms with E-state index in [1.165, 1.54) is 12.1 Å². The Morgan fingerprint density at radius 3 is 2.73 bits per heavy atom. The van der Waals surface area contributed by atoms with Gasteiger partial charge in [0.1, 0.15) is 5.82 Å². The number of carbonyl (C=O) groups is 1. The lowest BCUT2D eigenvalue weighted by molar-refractivity contribution is -0.782. The minimum absolute atomic E-state index is 0.0870. The van der Waals surface area contributed by atoms with E-state index in [9.17, 15) is 14.4 Å². The summed E-state index contributed by atoms with van der Waals surface area (Å²) in [5.41, 5.74) is 2.33. The van der Waals surface area contributed by atoms with Crippen molar-refractivity contribution in [3.8, 4) is 0 Å². The zero-order valence-corrected chi connectivity index (χ0v) is 17.0. The van der Waals surface area contributed by atoms with E-state index in [4.69, 9.17) is 0 Å². The van der Waals surface area contributed by atoms with Gasteiger partial charge in [-0.3, -0.25) is 9.42 Å². The van der Waals surface area contributed by atoms with Gasteiger partial charge in [-0.25, -0.2) is 4.39 Å². The number of aromatic nitrogens is 2. The van der Waals surface area contributed by atoms with Crippen molar-refractivity contribution in [1.82, 2.24) is 15.0 Å². The molecule has 0 atom stereocenters. The zero-order chi connectivity index (χ0) is 21.1. The van der Waals surface area contributed by atoms with Crippen molar-refractivity contribution in [1.29, 1.82) is 0 Å². The fraction of sp³-hybridized carbons (Fsp3) is 0.409. The van der Waals surface area contributed by atoms with Crippen LogP contribution in [0, 0.1) is 16.9 Å². The van der Waals surface area contributed by atoms with Gasteiger partial charge in [-0.1, -0.05) is 12.1 Å². The van der Waals surface area contributed by atoms with E-state index < -0.39 is 0 Å². The van der Waals surface area contributed by atoms with Crippen LogP contribution in [0.1, 0.15) is 28.8 Å². The number of benzene rings is 2. The van der Waals surface area contributed by atoms with Crippen LogP contribution >= 0.6 is 0 Å². The molecule has 1 aromatic heterocycles. The maximum absolute atomic E-state index is 13.0. The van der Waals surface area contributed by atoms with Crippen molar-refractivity contribution >= 4 is 16.9 Å². The Bertz CT molecular complexity index is 1010. The summed E-state index contributed by atoms with van der Waals surface area (Å²) >= 11 is 0. The minimum Gasteiger partial charge on any atom is -0.359 e. The van der Waals surface area contributed by atoms with E-state index in [0.717, 1.165) is 44.5 Å². The van der Waals surface area contributed by atoms with Gasteiger partial charge in [0.25, 0.3) is 5.91 Å². The van der Waals surface area contributed by atoms with Crippen LogP contribution in [0.25, 0.3) is 11.0 Å². The van der Waals surface area contributed by atoms with Crippen LogP contribution in [0.5, 0.6) is 0 Å². The summed E-state index contributed by atoms with van der Waals surface area (Å²) < 4.78 is 17.6. The number of hydrogen-bond donors (Lipinski definition) is 0. The fourth-order valence-electron chi connectivity index (χ4n) is 4.03. The fourth-order valence-corrected chi connectivity index (χ4v) is 4.03. The topological polar surface area (TPSA) is 76.5 Å². The summed E-state index contributed by atoms with van der Waals surface area (Å²) in [5, 5.41) is 15.1. The number of carbonyl (C=O) groups excluding carboxylic acids is 1. The van der Waals surface area contributed by atoms with Crippen molar-refractivity contribution in [2.45, 2.75) is 19.3 Å². The molecule has 7 nitrogen and oxygen atoms in total. The first-order valence-electron chi connectivity index (χ1n) is 10.2. The van der Waals surface area contributed by atoms with Gasteiger partial charge in [0.05, 0.1) is 0 Å². The highest BCUT2D eigenvalue weighted by atomic mass is 19.1. The number of halogens is 1. The molecule has 8 heteroatoms. The average molecular weight is 412 g/mol. The molecule has 0 aliphatic carbocycles. The number of rotatable bonds is 6. The van der Waals surface area contributed by atoms with E-state index in [1.54, 1.807) is 23.1 Å². The van der Waals surface area contributed by atoms with Gasteiger partial charge in [0, 0.05) is 36.9 Å². The monoisotopic (exact) mass is 412 g/mol. The molecular formula is C22H25FN4O3. The average Bonchev–Trinajstić information content (AvgIpc) is 3.14. The summed E-state index contributed by atoms with van der Waals surface area (Å²) in [6.45, 7) is 3.66. The van der Waals surface area contributed by atoms with E-state index in [1.807, 2.05) is 19.2 Å². The molecule has 158 valence electrons. The van der Waals surface area contributed by atoms with Gasteiger partial charge in [0.15, 0.2) is 0 Å². The van der Waals surface area contributed by atoms with Gasteiger partial charge in [-0.05, 0) is 73.0 Å². The summed E-state index contributed by atoms with van der Waals surface area (Å²) in [6.07, 6.45) is 3.00. The van der Waals surface area contributed by atoms with Crippen molar-refractivity contribution in [3.63, 3.8) is 0 Å². The largest absolute Gasteiger partial charge is 0.359 e. The van der Waals surface area contributed by atoms with Gasteiger partial charge < -0.3 is 15.0 Å². The third-order valence-corrected chi connectivity index (χ3v) is 5.85. The van der Waals surface area contributed by atoms with Gasteiger partial charge in [-0.2, -0.15) is 0 Å². The molecule has 1 amide bonds. The van der Waals surface area contributed by atoms with E-state index in [0.29, 0.717) is 34.0 Å². The maximum atomic E-state index is 13.0. The molecule has 0 saturated carbocycles. The van der Waals surface area contributed by atoms with Crippen LogP contribution in [0.2, 0.25) is 0 Å². The highest BCUT2D eigenvalue weighted by molar-refractivity contribution is 5.96. The number of nitrogens with zero attached hydrogens (tertiary/aromatic N) is 4. The molecule has 0 bridgehead atoms.